The van der Waals surface area contributed by atoms with E-state index in [4.69, 9.17) is 9.84 Å². The molecule has 0 aliphatic carbocycles. The lowest BCUT2D eigenvalue weighted by Crippen LogP contribution is -2.06. The third-order valence-corrected chi connectivity index (χ3v) is 2.18. The number of benzene rings is 1. The third-order valence-electron chi connectivity index (χ3n) is 2.18. The van der Waals surface area contributed by atoms with Gasteiger partial charge in [-0.1, -0.05) is 11.6 Å². The van der Waals surface area contributed by atoms with Crippen molar-refractivity contribution in [2.24, 2.45) is 0 Å². The van der Waals surface area contributed by atoms with E-state index in [1.807, 2.05) is 26.0 Å². The van der Waals surface area contributed by atoms with Crippen LogP contribution >= 0.6 is 0 Å². The zero-order valence-corrected chi connectivity index (χ0v) is 8.74. The molecule has 0 aliphatic heterocycles. The minimum absolute atomic E-state index is 0.292. The molecule has 0 saturated heterocycles. The summed E-state index contributed by atoms with van der Waals surface area (Å²) >= 11 is 0. The number of aliphatic hydroxyl groups excluding tert-OH is 2. The van der Waals surface area contributed by atoms with Crippen LogP contribution in [0.3, 0.4) is 0 Å². The smallest absolute Gasteiger partial charge is 0.127 e. The molecule has 0 spiro atoms. The van der Waals surface area contributed by atoms with Gasteiger partial charge in [0.2, 0.25) is 0 Å². The van der Waals surface area contributed by atoms with Gasteiger partial charge in [-0.15, -0.1) is 0 Å². The van der Waals surface area contributed by atoms with Gasteiger partial charge in [-0.25, -0.2) is 0 Å². The average Bonchev–Trinajstić information content (AvgIpc) is 2.15. The van der Waals surface area contributed by atoms with E-state index in [-0.39, 0.29) is 6.61 Å². The van der Waals surface area contributed by atoms with E-state index in [9.17, 15) is 5.11 Å². The molecule has 3 heteroatoms. The number of hydrogen-bond acceptors (Lipinski definition) is 3. The van der Waals surface area contributed by atoms with Gasteiger partial charge in [0.15, 0.2) is 0 Å². The molecule has 0 bridgehead atoms. The first-order chi connectivity index (χ1) is 6.60. The second-order valence-corrected chi connectivity index (χ2v) is 3.40. The van der Waals surface area contributed by atoms with Gasteiger partial charge in [0, 0.05) is 5.56 Å². The Kier molecular flexibility index (Phi) is 3.49. The van der Waals surface area contributed by atoms with Crippen LogP contribution in [0, 0.1) is 13.8 Å². The van der Waals surface area contributed by atoms with E-state index in [0.717, 1.165) is 11.1 Å². The number of rotatable bonds is 3. The van der Waals surface area contributed by atoms with Crippen molar-refractivity contribution in [2.75, 3.05) is 13.7 Å². The topological polar surface area (TPSA) is 49.7 Å². The minimum atomic E-state index is -0.872. The molecule has 1 atom stereocenters. The first kappa shape index (κ1) is 11.0. The van der Waals surface area contributed by atoms with Crippen LogP contribution in [-0.2, 0) is 0 Å². The van der Waals surface area contributed by atoms with Crippen LogP contribution < -0.4 is 4.74 Å². The molecule has 0 radical (unpaired) electrons. The first-order valence-electron chi connectivity index (χ1n) is 4.54. The Morgan fingerprint density at radius 1 is 1.36 bits per heavy atom. The van der Waals surface area contributed by atoms with E-state index < -0.39 is 6.10 Å². The number of aryl methyl sites for hydroxylation is 2. The van der Waals surface area contributed by atoms with Gasteiger partial charge in [0.05, 0.1) is 13.7 Å². The van der Waals surface area contributed by atoms with Crippen LogP contribution in [0.4, 0.5) is 0 Å². The largest absolute Gasteiger partial charge is 0.496 e. The lowest BCUT2D eigenvalue weighted by molar-refractivity contribution is 0.0932. The van der Waals surface area contributed by atoms with Gasteiger partial charge < -0.3 is 14.9 Å². The summed E-state index contributed by atoms with van der Waals surface area (Å²) < 4.78 is 5.18. The van der Waals surface area contributed by atoms with Gasteiger partial charge in [0.1, 0.15) is 11.9 Å². The van der Waals surface area contributed by atoms with E-state index in [2.05, 4.69) is 0 Å². The predicted octanol–water partition coefficient (Wildman–Crippen LogP) is 1.34. The number of ether oxygens (including phenoxy) is 1. The highest BCUT2D eigenvalue weighted by atomic mass is 16.5. The van der Waals surface area contributed by atoms with E-state index in [1.54, 1.807) is 7.11 Å². The van der Waals surface area contributed by atoms with Crippen LogP contribution in [0.2, 0.25) is 0 Å². The fourth-order valence-corrected chi connectivity index (χ4v) is 1.61. The van der Waals surface area contributed by atoms with Gasteiger partial charge in [-0.2, -0.15) is 0 Å². The minimum Gasteiger partial charge on any atom is -0.496 e. The lowest BCUT2D eigenvalue weighted by Gasteiger charge is -2.15. The molecule has 78 valence electrons. The number of methoxy groups -OCH3 is 1. The van der Waals surface area contributed by atoms with Crippen molar-refractivity contribution >= 4 is 0 Å². The number of hydrogen-bond donors (Lipinski definition) is 2. The van der Waals surface area contributed by atoms with Crippen LogP contribution in [0.5, 0.6) is 5.75 Å². The van der Waals surface area contributed by atoms with E-state index in [0.29, 0.717) is 11.3 Å². The first-order valence-corrected chi connectivity index (χ1v) is 4.54. The van der Waals surface area contributed by atoms with Crippen LogP contribution in [0.15, 0.2) is 12.1 Å². The fraction of sp³-hybridized carbons (Fsp3) is 0.455. The second-order valence-electron chi connectivity index (χ2n) is 3.40. The molecule has 2 N–H and O–H groups in total. The highest BCUT2D eigenvalue weighted by molar-refractivity contribution is 5.44. The molecule has 1 aromatic carbocycles. The highest BCUT2D eigenvalue weighted by Gasteiger charge is 2.14. The predicted molar refractivity (Wildman–Crippen MR) is 54.5 cm³/mol. The zero-order valence-electron chi connectivity index (χ0n) is 8.74. The maximum absolute atomic E-state index is 9.56. The van der Waals surface area contributed by atoms with Gasteiger partial charge in [-0.05, 0) is 25.5 Å². The molecule has 3 nitrogen and oxygen atoms in total. The van der Waals surface area contributed by atoms with Crippen LogP contribution in [-0.4, -0.2) is 23.9 Å². The Labute approximate surface area is 84.0 Å². The molecule has 1 aromatic rings. The summed E-state index contributed by atoms with van der Waals surface area (Å²) in [5.74, 6) is 0.650. The maximum atomic E-state index is 9.56. The molecule has 0 aromatic heterocycles. The second kappa shape index (κ2) is 4.44. The normalized spacial score (nSPS) is 12.6. The Morgan fingerprint density at radius 3 is 2.50 bits per heavy atom. The Hall–Kier alpha value is -1.06. The summed E-state index contributed by atoms with van der Waals surface area (Å²) in [5, 5.41) is 18.4. The maximum Gasteiger partial charge on any atom is 0.127 e. The van der Waals surface area contributed by atoms with E-state index in [1.165, 1.54) is 0 Å². The number of aliphatic hydroxyl groups is 2. The van der Waals surface area contributed by atoms with Crippen molar-refractivity contribution < 1.29 is 14.9 Å². The van der Waals surface area contributed by atoms with Crippen molar-refractivity contribution in [1.29, 1.82) is 0 Å². The van der Waals surface area contributed by atoms with Gasteiger partial charge in [0.25, 0.3) is 0 Å². The SMILES string of the molecule is COc1c(C)cc(C)cc1C(O)CO. The third kappa shape index (κ3) is 2.05. The molecule has 0 fully saturated rings. The van der Waals surface area contributed by atoms with Crippen LogP contribution in [0.1, 0.15) is 22.8 Å². The average molecular weight is 196 g/mol. The van der Waals surface area contributed by atoms with E-state index >= 15 is 0 Å². The Balaban J connectivity index is 3.24. The molecule has 1 rings (SSSR count). The summed E-state index contributed by atoms with van der Waals surface area (Å²) in [7, 11) is 1.56. The summed E-state index contributed by atoms with van der Waals surface area (Å²) in [5.41, 5.74) is 2.66. The van der Waals surface area contributed by atoms with Crippen molar-refractivity contribution in [3.8, 4) is 5.75 Å². The summed E-state index contributed by atoms with van der Waals surface area (Å²) in [6.07, 6.45) is -0.872. The highest BCUT2D eigenvalue weighted by Crippen LogP contribution is 2.29. The van der Waals surface area contributed by atoms with Crippen molar-refractivity contribution in [3.63, 3.8) is 0 Å². The van der Waals surface area contributed by atoms with Gasteiger partial charge in [-0.3, -0.25) is 0 Å². The fourth-order valence-electron chi connectivity index (χ4n) is 1.61. The molecule has 0 aliphatic rings. The molecule has 0 saturated carbocycles. The van der Waals surface area contributed by atoms with Crippen molar-refractivity contribution in [2.45, 2.75) is 20.0 Å². The molecule has 0 heterocycles. The van der Waals surface area contributed by atoms with Crippen molar-refractivity contribution in [3.05, 3.63) is 28.8 Å². The molecular weight excluding hydrogens is 180 g/mol. The summed E-state index contributed by atoms with van der Waals surface area (Å²) in [4.78, 5) is 0. The quantitative estimate of drug-likeness (QED) is 0.767. The Morgan fingerprint density at radius 2 is 2.00 bits per heavy atom. The van der Waals surface area contributed by atoms with Gasteiger partial charge >= 0.3 is 0 Å². The van der Waals surface area contributed by atoms with Crippen LogP contribution in [0.25, 0.3) is 0 Å². The zero-order chi connectivity index (χ0) is 10.7. The summed E-state index contributed by atoms with van der Waals surface area (Å²) in [6.45, 7) is 3.57. The standard InChI is InChI=1S/C11H16O3/c1-7-4-8(2)11(14-3)9(5-7)10(13)6-12/h4-5,10,12-13H,6H2,1-3H3. The van der Waals surface area contributed by atoms with Crippen molar-refractivity contribution in [1.82, 2.24) is 0 Å². The molecule has 0 amide bonds. The summed E-state index contributed by atoms with van der Waals surface area (Å²) in [6, 6.07) is 3.80. The molecular formula is C11H16O3. The molecule has 14 heavy (non-hydrogen) atoms. The monoisotopic (exact) mass is 196 g/mol. The Bertz CT molecular complexity index is 321. The lowest BCUT2D eigenvalue weighted by atomic mass is 10.0. The molecule has 1 unspecified atom stereocenters.